The van der Waals surface area contributed by atoms with Gasteiger partial charge >= 0.3 is 0 Å². The summed E-state index contributed by atoms with van der Waals surface area (Å²) in [5.41, 5.74) is 8.05. The molecule has 0 spiro atoms. The smallest absolute Gasteiger partial charge is 0.0683 e. The first-order chi connectivity index (χ1) is 7.74. The van der Waals surface area contributed by atoms with E-state index in [1.165, 1.54) is 5.69 Å². The Labute approximate surface area is 101 Å². The maximum absolute atomic E-state index is 6.13. The van der Waals surface area contributed by atoms with E-state index in [1.807, 2.05) is 19.1 Å². The van der Waals surface area contributed by atoms with Crippen molar-refractivity contribution in [3.8, 4) is 0 Å². The van der Waals surface area contributed by atoms with Crippen molar-refractivity contribution in [2.24, 2.45) is 5.73 Å². The van der Waals surface area contributed by atoms with Crippen LogP contribution in [0.25, 0.3) is 0 Å². The quantitative estimate of drug-likeness (QED) is 0.857. The molecule has 2 rings (SSSR count). The Kier molecular flexibility index (Phi) is 3.69. The zero-order chi connectivity index (χ0) is 11.5. The van der Waals surface area contributed by atoms with Gasteiger partial charge in [0.1, 0.15) is 0 Å². The molecule has 0 bridgehead atoms. The van der Waals surface area contributed by atoms with Gasteiger partial charge in [-0.15, -0.1) is 0 Å². The molecule has 1 aromatic carbocycles. The zero-order valence-electron chi connectivity index (χ0n) is 9.45. The number of morpholine rings is 1. The Bertz CT molecular complexity index is 370. The molecule has 4 heteroatoms. The number of halogens is 1. The lowest BCUT2D eigenvalue weighted by Crippen LogP contribution is -2.49. The van der Waals surface area contributed by atoms with Crippen molar-refractivity contribution >= 4 is 17.3 Å². The van der Waals surface area contributed by atoms with Crippen LogP contribution in [0.3, 0.4) is 0 Å². The summed E-state index contributed by atoms with van der Waals surface area (Å²) < 4.78 is 5.44. The van der Waals surface area contributed by atoms with Crippen LogP contribution in [0.2, 0.25) is 5.02 Å². The van der Waals surface area contributed by atoms with E-state index in [2.05, 4.69) is 11.0 Å². The third-order valence-corrected chi connectivity index (χ3v) is 3.46. The Hall–Kier alpha value is -0.770. The molecule has 2 N–H and O–H groups in total. The molecule has 1 fully saturated rings. The predicted molar refractivity (Wildman–Crippen MR) is 67.2 cm³/mol. The molecule has 16 heavy (non-hydrogen) atoms. The third-order valence-electron chi connectivity index (χ3n) is 3.05. The number of nitrogens with two attached hydrogens (primary N) is 1. The van der Waals surface area contributed by atoms with Crippen molar-refractivity contribution in [2.75, 3.05) is 31.2 Å². The third kappa shape index (κ3) is 2.17. The number of rotatable bonds is 2. The lowest BCUT2D eigenvalue weighted by molar-refractivity contribution is 0.0962. The normalized spacial score (nSPS) is 21.2. The first kappa shape index (κ1) is 11.7. The van der Waals surface area contributed by atoms with Gasteiger partial charge in [-0.1, -0.05) is 17.7 Å². The summed E-state index contributed by atoms with van der Waals surface area (Å²) in [5, 5.41) is 0.805. The van der Waals surface area contributed by atoms with Gasteiger partial charge in [0, 0.05) is 23.8 Å². The summed E-state index contributed by atoms with van der Waals surface area (Å²) in [5.74, 6) is 0. The van der Waals surface area contributed by atoms with Crippen LogP contribution in [0.15, 0.2) is 18.2 Å². The fraction of sp³-hybridized carbons (Fsp3) is 0.500. The maximum Gasteiger partial charge on any atom is 0.0683 e. The minimum atomic E-state index is 0.255. The molecule has 0 aliphatic carbocycles. The lowest BCUT2D eigenvalue weighted by Gasteiger charge is -2.37. The number of hydrogen-bond acceptors (Lipinski definition) is 3. The summed E-state index contributed by atoms with van der Waals surface area (Å²) in [6, 6.07) is 6.24. The highest BCUT2D eigenvalue weighted by atomic mass is 35.5. The maximum atomic E-state index is 6.13. The van der Waals surface area contributed by atoms with Crippen molar-refractivity contribution in [1.82, 2.24) is 0 Å². The molecule has 1 aromatic rings. The topological polar surface area (TPSA) is 38.5 Å². The molecule has 1 heterocycles. The molecule has 1 unspecified atom stereocenters. The first-order valence-corrected chi connectivity index (χ1v) is 5.91. The molecule has 0 saturated carbocycles. The fourth-order valence-corrected chi connectivity index (χ4v) is 2.24. The summed E-state index contributed by atoms with van der Waals surface area (Å²) in [6.07, 6.45) is 0. The second-order valence-electron chi connectivity index (χ2n) is 4.04. The van der Waals surface area contributed by atoms with E-state index in [0.29, 0.717) is 13.2 Å². The zero-order valence-corrected chi connectivity index (χ0v) is 10.2. The summed E-state index contributed by atoms with van der Waals surface area (Å²) in [7, 11) is 0. The average molecular weight is 241 g/mol. The highest BCUT2D eigenvalue weighted by Gasteiger charge is 2.23. The van der Waals surface area contributed by atoms with Gasteiger partial charge in [-0.2, -0.15) is 0 Å². The Balaban J connectivity index is 2.30. The number of hydrogen-bond donors (Lipinski definition) is 1. The van der Waals surface area contributed by atoms with Crippen LogP contribution in [-0.4, -0.2) is 32.3 Å². The molecular weight excluding hydrogens is 224 g/mol. The lowest BCUT2D eigenvalue weighted by atomic mass is 10.1. The van der Waals surface area contributed by atoms with E-state index >= 15 is 0 Å². The molecule has 3 nitrogen and oxygen atoms in total. The molecule has 0 aromatic heterocycles. The fourth-order valence-electron chi connectivity index (χ4n) is 2.07. The van der Waals surface area contributed by atoms with Gasteiger partial charge in [-0.05, 0) is 24.6 Å². The average Bonchev–Trinajstić information content (AvgIpc) is 2.33. The van der Waals surface area contributed by atoms with Crippen LogP contribution in [0.4, 0.5) is 5.69 Å². The first-order valence-electron chi connectivity index (χ1n) is 5.53. The van der Waals surface area contributed by atoms with Crippen LogP contribution in [-0.2, 0) is 4.74 Å². The van der Waals surface area contributed by atoms with Crippen molar-refractivity contribution in [3.05, 3.63) is 28.8 Å². The van der Waals surface area contributed by atoms with E-state index in [4.69, 9.17) is 22.1 Å². The standard InChI is InChI=1S/C12H17ClN2O/c1-9-11(13)3-2-4-12(9)15-5-6-16-8-10(15)7-14/h2-4,10H,5-8,14H2,1H3. The highest BCUT2D eigenvalue weighted by molar-refractivity contribution is 6.31. The molecule has 88 valence electrons. The van der Waals surface area contributed by atoms with E-state index in [9.17, 15) is 0 Å². The SMILES string of the molecule is Cc1c(Cl)cccc1N1CCOCC1CN. The molecule has 0 amide bonds. The summed E-state index contributed by atoms with van der Waals surface area (Å²) in [4.78, 5) is 2.30. The van der Waals surface area contributed by atoms with Gasteiger partial charge < -0.3 is 15.4 Å². The summed E-state index contributed by atoms with van der Waals surface area (Å²) in [6.45, 7) is 4.97. The van der Waals surface area contributed by atoms with Crippen LogP contribution in [0.5, 0.6) is 0 Å². The monoisotopic (exact) mass is 240 g/mol. The van der Waals surface area contributed by atoms with Crippen molar-refractivity contribution in [3.63, 3.8) is 0 Å². The largest absolute Gasteiger partial charge is 0.377 e. The molecule has 0 radical (unpaired) electrons. The van der Waals surface area contributed by atoms with Gasteiger partial charge in [-0.3, -0.25) is 0 Å². The van der Waals surface area contributed by atoms with Gasteiger partial charge in [0.2, 0.25) is 0 Å². The molecule has 1 saturated heterocycles. The van der Waals surface area contributed by atoms with Crippen molar-refractivity contribution < 1.29 is 4.74 Å². The minimum Gasteiger partial charge on any atom is -0.377 e. The Morgan fingerprint density at radius 3 is 3.12 bits per heavy atom. The van der Waals surface area contributed by atoms with Crippen LogP contribution in [0, 0.1) is 6.92 Å². The van der Waals surface area contributed by atoms with Crippen LogP contribution >= 0.6 is 11.6 Å². The molecule has 1 aliphatic rings. The second-order valence-corrected chi connectivity index (χ2v) is 4.45. The van der Waals surface area contributed by atoms with Crippen LogP contribution < -0.4 is 10.6 Å². The number of anilines is 1. The van der Waals surface area contributed by atoms with Gasteiger partial charge in [-0.25, -0.2) is 0 Å². The minimum absolute atomic E-state index is 0.255. The van der Waals surface area contributed by atoms with E-state index < -0.39 is 0 Å². The van der Waals surface area contributed by atoms with E-state index in [0.717, 1.165) is 23.7 Å². The van der Waals surface area contributed by atoms with Gasteiger partial charge in [0.25, 0.3) is 0 Å². The van der Waals surface area contributed by atoms with Crippen molar-refractivity contribution in [1.29, 1.82) is 0 Å². The molecule has 1 atom stereocenters. The molecular formula is C12H17ClN2O. The second kappa shape index (κ2) is 5.04. The predicted octanol–water partition coefficient (Wildman–Crippen LogP) is 1.81. The van der Waals surface area contributed by atoms with E-state index in [-0.39, 0.29) is 6.04 Å². The highest BCUT2D eigenvalue weighted by Crippen LogP contribution is 2.28. The number of ether oxygens (including phenoxy) is 1. The van der Waals surface area contributed by atoms with Gasteiger partial charge in [0.05, 0.1) is 19.3 Å². The van der Waals surface area contributed by atoms with Crippen molar-refractivity contribution in [2.45, 2.75) is 13.0 Å². The van der Waals surface area contributed by atoms with E-state index in [1.54, 1.807) is 0 Å². The van der Waals surface area contributed by atoms with Gasteiger partial charge in [0.15, 0.2) is 0 Å². The number of nitrogens with zero attached hydrogens (tertiary/aromatic N) is 1. The van der Waals surface area contributed by atoms with Crippen LogP contribution in [0.1, 0.15) is 5.56 Å². The summed E-state index contributed by atoms with van der Waals surface area (Å²) >= 11 is 6.13. The Morgan fingerprint density at radius 2 is 2.38 bits per heavy atom. The number of benzene rings is 1. The Morgan fingerprint density at radius 1 is 1.56 bits per heavy atom. The molecule has 1 aliphatic heterocycles.